The molecule has 1 aliphatic carbocycles. The normalized spacial score (nSPS) is 34.9. The molecule has 3 rings (SSSR count). The standard InChI is InChI=1S/C13H16FN/c1-15-7-10-6-12(13(10)8-15)9-2-4-11(14)5-3-9/h2-5,10,12-13H,6-8H2,1H3. The lowest BCUT2D eigenvalue weighted by molar-refractivity contribution is 0.191. The van der Waals surface area contributed by atoms with Gasteiger partial charge in [0, 0.05) is 13.1 Å². The summed E-state index contributed by atoms with van der Waals surface area (Å²) in [7, 11) is 2.19. The first-order chi connectivity index (χ1) is 7.24. The molecular formula is C13H16FN. The molecule has 0 amide bonds. The average molecular weight is 205 g/mol. The van der Waals surface area contributed by atoms with Gasteiger partial charge in [0.15, 0.2) is 0 Å². The summed E-state index contributed by atoms with van der Waals surface area (Å²) in [5.41, 5.74) is 1.33. The molecule has 2 heteroatoms. The lowest BCUT2D eigenvalue weighted by Gasteiger charge is -2.40. The second kappa shape index (κ2) is 3.31. The summed E-state index contributed by atoms with van der Waals surface area (Å²) in [5.74, 6) is 2.27. The molecule has 15 heavy (non-hydrogen) atoms. The number of rotatable bonds is 1. The van der Waals surface area contributed by atoms with Crippen LogP contribution in [-0.4, -0.2) is 25.0 Å². The molecule has 3 atom stereocenters. The Morgan fingerprint density at radius 3 is 2.60 bits per heavy atom. The zero-order chi connectivity index (χ0) is 10.4. The molecule has 1 saturated carbocycles. The first-order valence-corrected chi connectivity index (χ1v) is 5.68. The van der Waals surface area contributed by atoms with E-state index in [9.17, 15) is 4.39 Å². The number of benzene rings is 1. The second-order valence-corrected chi connectivity index (χ2v) is 5.04. The molecule has 80 valence electrons. The van der Waals surface area contributed by atoms with Gasteiger partial charge in [0.05, 0.1) is 0 Å². The van der Waals surface area contributed by atoms with Crippen LogP contribution < -0.4 is 0 Å². The van der Waals surface area contributed by atoms with Gasteiger partial charge in [-0.15, -0.1) is 0 Å². The predicted molar refractivity (Wildman–Crippen MR) is 58.2 cm³/mol. The summed E-state index contributed by atoms with van der Waals surface area (Å²) in [4.78, 5) is 2.42. The van der Waals surface area contributed by atoms with E-state index in [-0.39, 0.29) is 5.82 Å². The van der Waals surface area contributed by atoms with E-state index >= 15 is 0 Å². The molecule has 0 N–H and O–H groups in total. The van der Waals surface area contributed by atoms with Gasteiger partial charge in [-0.1, -0.05) is 12.1 Å². The molecule has 0 aromatic heterocycles. The van der Waals surface area contributed by atoms with E-state index in [0.29, 0.717) is 5.92 Å². The first kappa shape index (κ1) is 9.34. The van der Waals surface area contributed by atoms with E-state index in [1.807, 2.05) is 12.1 Å². The quantitative estimate of drug-likeness (QED) is 0.681. The third-order valence-electron chi connectivity index (χ3n) is 4.05. The molecule has 1 saturated heterocycles. The smallest absolute Gasteiger partial charge is 0.123 e. The molecule has 2 fully saturated rings. The fourth-order valence-corrected chi connectivity index (χ4v) is 3.22. The molecule has 0 radical (unpaired) electrons. The summed E-state index contributed by atoms with van der Waals surface area (Å²) in [5, 5.41) is 0. The summed E-state index contributed by atoms with van der Waals surface area (Å²) >= 11 is 0. The SMILES string of the molecule is CN1CC2CC(c3ccc(F)cc3)C2C1. The molecule has 0 bridgehead atoms. The average Bonchev–Trinajstić information content (AvgIpc) is 2.49. The molecule has 3 unspecified atom stereocenters. The number of fused-ring (bicyclic) bond motifs is 1. The maximum atomic E-state index is 12.8. The lowest BCUT2D eigenvalue weighted by Crippen LogP contribution is -2.33. The van der Waals surface area contributed by atoms with E-state index in [4.69, 9.17) is 0 Å². The Balaban J connectivity index is 1.77. The number of nitrogens with zero attached hydrogens (tertiary/aromatic N) is 1. The van der Waals surface area contributed by atoms with E-state index in [0.717, 1.165) is 11.8 Å². The Morgan fingerprint density at radius 2 is 1.93 bits per heavy atom. The van der Waals surface area contributed by atoms with Crippen LogP contribution in [0.2, 0.25) is 0 Å². The van der Waals surface area contributed by atoms with Crippen molar-refractivity contribution in [2.24, 2.45) is 11.8 Å². The van der Waals surface area contributed by atoms with Crippen molar-refractivity contribution in [3.63, 3.8) is 0 Å². The van der Waals surface area contributed by atoms with Crippen molar-refractivity contribution in [2.45, 2.75) is 12.3 Å². The molecular weight excluding hydrogens is 189 g/mol. The topological polar surface area (TPSA) is 3.24 Å². The van der Waals surface area contributed by atoms with Gasteiger partial charge < -0.3 is 4.90 Å². The fraction of sp³-hybridized carbons (Fsp3) is 0.538. The van der Waals surface area contributed by atoms with E-state index < -0.39 is 0 Å². The fourth-order valence-electron chi connectivity index (χ4n) is 3.22. The van der Waals surface area contributed by atoms with Crippen molar-refractivity contribution in [3.8, 4) is 0 Å². The highest BCUT2D eigenvalue weighted by Gasteiger charge is 2.46. The minimum absolute atomic E-state index is 0.127. The monoisotopic (exact) mass is 205 g/mol. The van der Waals surface area contributed by atoms with Gasteiger partial charge in [-0.25, -0.2) is 4.39 Å². The number of hydrogen-bond donors (Lipinski definition) is 0. The highest BCUT2D eigenvalue weighted by molar-refractivity contribution is 5.25. The number of halogens is 1. The van der Waals surface area contributed by atoms with Gasteiger partial charge in [0.1, 0.15) is 5.82 Å². The van der Waals surface area contributed by atoms with Crippen LogP contribution in [0, 0.1) is 17.7 Å². The Morgan fingerprint density at radius 1 is 1.20 bits per heavy atom. The first-order valence-electron chi connectivity index (χ1n) is 5.68. The van der Waals surface area contributed by atoms with Gasteiger partial charge in [0.2, 0.25) is 0 Å². The van der Waals surface area contributed by atoms with E-state index in [2.05, 4.69) is 11.9 Å². The van der Waals surface area contributed by atoms with Crippen LogP contribution in [0.3, 0.4) is 0 Å². The Kier molecular flexibility index (Phi) is 2.06. The number of likely N-dealkylation sites (tertiary alicyclic amines) is 1. The third-order valence-corrected chi connectivity index (χ3v) is 4.05. The summed E-state index contributed by atoms with van der Waals surface area (Å²) in [6.07, 6.45) is 1.29. The Labute approximate surface area is 89.9 Å². The highest BCUT2D eigenvalue weighted by atomic mass is 19.1. The van der Waals surface area contributed by atoms with Gasteiger partial charge in [-0.2, -0.15) is 0 Å². The molecule has 1 nitrogen and oxygen atoms in total. The maximum absolute atomic E-state index is 12.8. The largest absolute Gasteiger partial charge is 0.306 e. The minimum atomic E-state index is -0.127. The Hall–Kier alpha value is -0.890. The van der Waals surface area contributed by atoms with Crippen LogP contribution in [0.25, 0.3) is 0 Å². The van der Waals surface area contributed by atoms with Crippen molar-refractivity contribution in [2.75, 3.05) is 20.1 Å². The molecule has 1 aromatic carbocycles. The van der Waals surface area contributed by atoms with Crippen molar-refractivity contribution in [1.82, 2.24) is 4.90 Å². The third kappa shape index (κ3) is 1.48. The van der Waals surface area contributed by atoms with Gasteiger partial charge in [-0.3, -0.25) is 0 Å². The predicted octanol–water partition coefficient (Wildman–Crippen LogP) is 2.49. The van der Waals surface area contributed by atoms with Crippen molar-refractivity contribution in [3.05, 3.63) is 35.6 Å². The van der Waals surface area contributed by atoms with Crippen LogP contribution in [0.15, 0.2) is 24.3 Å². The zero-order valence-corrected chi connectivity index (χ0v) is 8.99. The summed E-state index contributed by atoms with van der Waals surface area (Å²) in [6, 6.07) is 7.08. The summed E-state index contributed by atoms with van der Waals surface area (Å²) < 4.78 is 12.8. The van der Waals surface area contributed by atoms with Crippen LogP contribution >= 0.6 is 0 Å². The lowest BCUT2D eigenvalue weighted by atomic mass is 9.64. The molecule has 1 aliphatic heterocycles. The van der Waals surface area contributed by atoms with Crippen molar-refractivity contribution >= 4 is 0 Å². The zero-order valence-electron chi connectivity index (χ0n) is 8.99. The molecule has 1 heterocycles. The van der Waals surface area contributed by atoms with Crippen LogP contribution in [0.1, 0.15) is 17.9 Å². The van der Waals surface area contributed by atoms with Crippen LogP contribution in [-0.2, 0) is 0 Å². The van der Waals surface area contributed by atoms with Gasteiger partial charge >= 0.3 is 0 Å². The van der Waals surface area contributed by atoms with Crippen molar-refractivity contribution < 1.29 is 4.39 Å². The van der Waals surface area contributed by atoms with E-state index in [1.54, 1.807) is 12.1 Å². The van der Waals surface area contributed by atoms with Crippen LogP contribution in [0.5, 0.6) is 0 Å². The molecule has 1 aromatic rings. The summed E-state index contributed by atoms with van der Waals surface area (Å²) in [6.45, 7) is 2.47. The molecule has 0 spiro atoms. The highest BCUT2D eigenvalue weighted by Crippen LogP contribution is 2.50. The number of hydrogen-bond acceptors (Lipinski definition) is 1. The van der Waals surface area contributed by atoms with Gasteiger partial charge in [-0.05, 0) is 48.9 Å². The van der Waals surface area contributed by atoms with Crippen LogP contribution in [0.4, 0.5) is 4.39 Å². The minimum Gasteiger partial charge on any atom is -0.306 e. The maximum Gasteiger partial charge on any atom is 0.123 e. The van der Waals surface area contributed by atoms with E-state index in [1.165, 1.54) is 25.1 Å². The Bertz CT molecular complexity index is 359. The second-order valence-electron chi connectivity index (χ2n) is 5.04. The molecule has 2 aliphatic rings. The van der Waals surface area contributed by atoms with Crippen molar-refractivity contribution in [1.29, 1.82) is 0 Å². The van der Waals surface area contributed by atoms with Gasteiger partial charge in [0.25, 0.3) is 0 Å².